The Bertz CT molecular complexity index is 734. The van der Waals surface area contributed by atoms with E-state index in [2.05, 4.69) is 20.6 Å². The second-order valence-electron chi connectivity index (χ2n) is 5.33. The molecule has 0 spiro atoms. The number of imidazole rings is 1. The number of anilines is 1. The van der Waals surface area contributed by atoms with Crippen LogP contribution in [0.4, 0.5) is 5.13 Å². The van der Waals surface area contributed by atoms with E-state index in [1.165, 1.54) is 18.3 Å². The molecule has 0 aromatic carbocycles. The highest BCUT2D eigenvalue weighted by atomic mass is 35.5. The monoisotopic (exact) mass is 406 g/mol. The Labute approximate surface area is 161 Å². The van der Waals surface area contributed by atoms with Crippen molar-refractivity contribution in [3.63, 3.8) is 0 Å². The molecule has 1 saturated heterocycles. The third kappa shape index (κ3) is 4.69. The Balaban J connectivity index is 0.00000156. The number of carbonyl (C=O) groups excluding carboxylic acids is 2. The van der Waals surface area contributed by atoms with Crippen LogP contribution in [0.2, 0.25) is 0 Å². The lowest BCUT2D eigenvalue weighted by atomic mass is 10.1. The molecule has 0 aliphatic carbocycles. The van der Waals surface area contributed by atoms with Gasteiger partial charge in [-0.25, -0.2) is 9.97 Å². The normalized spacial score (nSPS) is 16.6. The van der Waals surface area contributed by atoms with Crippen molar-refractivity contribution in [2.75, 3.05) is 25.0 Å². The number of piperazine rings is 1. The van der Waals surface area contributed by atoms with Crippen LogP contribution in [0.25, 0.3) is 0 Å². The van der Waals surface area contributed by atoms with Crippen molar-refractivity contribution >= 4 is 53.1 Å². The zero-order valence-corrected chi connectivity index (χ0v) is 16.2. The van der Waals surface area contributed by atoms with E-state index in [1.54, 1.807) is 16.5 Å². The number of amides is 2. The van der Waals surface area contributed by atoms with Crippen LogP contribution in [0.1, 0.15) is 29.3 Å². The molecule has 1 unspecified atom stereocenters. The van der Waals surface area contributed by atoms with Crippen LogP contribution in [0.15, 0.2) is 17.8 Å². The predicted octanol–water partition coefficient (Wildman–Crippen LogP) is 1.47. The third-order valence-electron chi connectivity index (χ3n) is 3.67. The topological polar surface area (TPSA) is 92.2 Å². The largest absolute Gasteiger partial charge is 0.336 e. The van der Waals surface area contributed by atoms with Crippen molar-refractivity contribution in [1.82, 2.24) is 24.8 Å². The first-order valence-electron chi connectivity index (χ1n) is 7.28. The van der Waals surface area contributed by atoms with E-state index in [0.29, 0.717) is 23.9 Å². The summed E-state index contributed by atoms with van der Waals surface area (Å²) in [6.45, 7) is 3.38. The molecule has 8 nitrogen and oxygen atoms in total. The van der Waals surface area contributed by atoms with E-state index in [1.807, 2.05) is 17.8 Å². The van der Waals surface area contributed by atoms with Gasteiger partial charge in [-0.2, -0.15) is 0 Å². The van der Waals surface area contributed by atoms with Gasteiger partial charge in [0.2, 0.25) is 5.91 Å². The summed E-state index contributed by atoms with van der Waals surface area (Å²) in [5.74, 6) is 0.488. The van der Waals surface area contributed by atoms with Gasteiger partial charge in [0, 0.05) is 51.4 Å². The van der Waals surface area contributed by atoms with Gasteiger partial charge in [0.15, 0.2) is 5.13 Å². The Morgan fingerprint density at radius 3 is 2.80 bits per heavy atom. The van der Waals surface area contributed by atoms with Gasteiger partial charge < -0.3 is 20.1 Å². The highest BCUT2D eigenvalue weighted by molar-refractivity contribution is 7.14. The molecule has 2 amide bonds. The number of thiazole rings is 1. The average Bonchev–Trinajstić information content (AvgIpc) is 3.15. The standard InChI is InChI=1S/C14H18N6O2S.2ClH/c1-9(21)17-14-18-10(8-23-14)13(22)20-6-3-15-7-11(20)12-16-4-5-19(12)2;;/h4-5,8,11,15H,3,6-7H2,1-2H3,(H,17,18,21);2*1H. The Kier molecular flexibility index (Phi) is 7.81. The lowest BCUT2D eigenvalue weighted by Gasteiger charge is -2.35. The fourth-order valence-corrected chi connectivity index (χ4v) is 3.33. The minimum atomic E-state index is -0.202. The van der Waals surface area contributed by atoms with Crippen LogP contribution in [-0.2, 0) is 11.8 Å². The van der Waals surface area contributed by atoms with Gasteiger partial charge in [-0.1, -0.05) is 0 Å². The highest BCUT2D eigenvalue weighted by Gasteiger charge is 2.32. The lowest BCUT2D eigenvalue weighted by Crippen LogP contribution is -2.49. The molecule has 1 aliphatic rings. The summed E-state index contributed by atoms with van der Waals surface area (Å²) in [4.78, 5) is 34.2. The van der Waals surface area contributed by atoms with E-state index in [0.717, 1.165) is 12.4 Å². The van der Waals surface area contributed by atoms with Crippen LogP contribution in [0, 0.1) is 0 Å². The fraction of sp³-hybridized carbons (Fsp3) is 0.429. The SMILES string of the molecule is CC(=O)Nc1nc(C(=O)N2CCNCC2c2nccn2C)cs1.Cl.Cl. The van der Waals surface area contributed by atoms with Crippen molar-refractivity contribution in [3.8, 4) is 0 Å². The first-order chi connectivity index (χ1) is 11.1. The number of nitrogens with zero attached hydrogens (tertiary/aromatic N) is 4. The number of aromatic nitrogens is 3. The van der Waals surface area contributed by atoms with Gasteiger partial charge in [0.1, 0.15) is 17.6 Å². The van der Waals surface area contributed by atoms with E-state index >= 15 is 0 Å². The fourth-order valence-electron chi connectivity index (χ4n) is 2.60. The molecule has 138 valence electrons. The maximum absolute atomic E-state index is 12.8. The lowest BCUT2D eigenvalue weighted by molar-refractivity contribution is -0.114. The van der Waals surface area contributed by atoms with Crippen molar-refractivity contribution in [1.29, 1.82) is 0 Å². The van der Waals surface area contributed by atoms with Crippen molar-refractivity contribution in [2.24, 2.45) is 7.05 Å². The van der Waals surface area contributed by atoms with E-state index < -0.39 is 0 Å². The first kappa shape index (κ1) is 21.4. The quantitative estimate of drug-likeness (QED) is 0.804. The summed E-state index contributed by atoms with van der Waals surface area (Å²) in [7, 11) is 1.91. The van der Waals surface area contributed by atoms with Gasteiger partial charge in [-0.3, -0.25) is 9.59 Å². The van der Waals surface area contributed by atoms with E-state index in [4.69, 9.17) is 0 Å². The summed E-state index contributed by atoms with van der Waals surface area (Å²) in [5.41, 5.74) is 0.347. The van der Waals surface area contributed by atoms with Crippen LogP contribution in [-0.4, -0.2) is 50.9 Å². The summed E-state index contributed by atoms with van der Waals surface area (Å²) in [6.07, 6.45) is 3.59. The number of hydrogen-bond acceptors (Lipinski definition) is 6. The van der Waals surface area contributed by atoms with Gasteiger partial charge >= 0.3 is 0 Å². The van der Waals surface area contributed by atoms with Gasteiger partial charge in [0.05, 0.1) is 0 Å². The molecule has 1 atom stereocenters. The van der Waals surface area contributed by atoms with E-state index in [9.17, 15) is 9.59 Å². The number of halogens is 2. The Hall–Kier alpha value is -1.68. The number of carbonyl (C=O) groups is 2. The number of nitrogens with one attached hydrogen (secondary N) is 2. The molecule has 25 heavy (non-hydrogen) atoms. The maximum atomic E-state index is 12.8. The zero-order chi connectivity index (χ0) is 16.4. The molecule has 0 bridgehead atoms. The van der Waals surface area contributed by atoms with Crippen LogP contribution < -0.4 is 10.6 Å². The molecule has 0 radical (unpaired) electrons. The Morgan fingerprint density at radius 2 is 2.16 bits per heavy atom. The molecule has 3 heterocycles. The zero-order valence-electron chi connectivity index (χ0n) is 13.8. The number of aryl methyl sites for hydroxylation is 1. The summed E-state index contributed by atoms with van der Waals surface area (Å²) in [6, 6.07) is -0.137. The van der Waals surface area contributed by atoms with Crippen molar-refractivity contribution in [3.05, 3.63) is 29.3 Å². The smallest absolute Gasteiger partial charge is 0.274 e. The number of hydrogen-bond donors (Lipinski definition) is 2. The van der Waals surface area contributed by atoms with E-state index in [-0.39, 0.29) is 42.7 Å². The summed E-state index contributed by atoms with van der Waals surface area (Å²) in [5, 5.41) is 8.00. The predicted molar refractivity (Wildman–Crippen MR) is 101 cm³/mol. The molecule has 1 aliphatic heterocycles. The van der Waals surface area contributed by atoms with Gasteiger partial charge in [0.25, 0.3) is 5.91 Å². The molecule has 1 fully saturated rings. The van der Waals surface area contributed by atoms with Crippen LogP contribution in [0.5, 0.6) is 0 Å². The second-order valence-corrected chi connectivity index (χ2v) is 6.19. The average molecular weight is 407 g/mol. The molecular formula is C14H20Cl2N6O2S. The maximum Gasteiger partial charge on any atom is 0.274 e. The van der Waals surface area contributed by atoms with Crippen LogP contribution in [0.3, 0.4) is 0 Å². The summed E-state index contributed by atoms with van der Waals surface area (Å²) < 4.78 is 1.92. The van der Waals surface area contributed by atoms with Crippen molar-refractivity contribution in [2.45, 2.75) is 13.0 Å². The molecular weight excluding hydrogens is 387 g/mol. The number of rotatable bonds is 3. The minimum Gasteiger partial charge on any atom is -0.336 e. The molecule has 11 heteroatoms. The van der Waals surface area contributed by atoms with Gasteiger partial charge in [-0.15, -0.1) is 36.2 Å². The van der Waals surface area contributed by atoms with Crippen molar-refractivity contribution < 1.29 is 9.59 Å². The molecule has 2 aromatic rings. The molecule has 2 aromatic heterocycles. The Morgan fingerprint density at radius 1 is 1.40 bits per heavy atom. The first-order valence-corrected chi connectivity index (χ1v) is 8.16. The third-order valence-corrected chi connectivity index (χ3v) is 4.42. The van der Waals surface area contributed by atoms with Crippen LogP contribution >= 0.6 is 36.2 Å². The second kappa shape index (κ2) is 9.14. The molecule has 0 saturated carbocycles. The molecule has 3 rings (SSSR count). The highest BCUT2D eigenvalue weighted by Crippen LogP contribution is 2.24. The van der Waals surface area contributed by atoms with Gasteiger partial charge in [-0.05, 0) is 0 Å². The minimum absolute atomic E-state index is 0. The molecule has 2 N–H and O–H groups in total. The summed E-state index contributed by atoms with van der Waals surface area (Å²) >= 11 is 1.25.